The number of fused-ring (bicyclic) bond motifs is 2. The van der Waals surface area contributed by atoms with E-state index in [0.29, 0.717) is 32.7 Å². The number of hydrogen-bond donors (Lipinski definition) is 4. The Bertz CT molecular complexity index is 1590. The normalized spacial score (nSPS) is 16.6. The Balaban J connectivity index is 0.000000426. The molecule has 16 heteroatoms. The van der Waals surface area contributed by atoms with Crippen LogP contribution in [0.5, 0.6) is 0 Å². The molecule has 0 aliphatic heterocycles. The van der Waals surface area contributed by atoms with Gasteiger partial charge in [-0.05, 0) is 24.1 Å². The molecule has 1 fully saturated rings. The Kier molecular flexibility index (Phi) is 7.25. The van der Waals surface area contributed by atoms with Crippen molar-refractivity contribution in [3.63, 3.8) is 0 Å². The maximum atomic E-state index is 15.0. The molecule has 2 aromatic heterocycles. The number of carboxylic acids is 1. The topological polar surface area (TPSA) is 137 Å². The summed E-state index contributed by atoms with van der Waals surface area (Å²) in [6, 6.07) is 5.24. The Hall–Kier alpha value is -3.85. The lowest BCUT2D eigenvalue weighted by molar-refractivity contribution is -0.192. The summed E-state index contributed by atoms with van der Waals surface area (Å²) in [7, 11) is 0. The van der Waals surface area contributed by atoms with Crippen LogP contribution in [0.25, 0.3) is 32.2 Å². The minimum atomic E-state index is -5.08. The van der Waals surface area contributed by atoms with Crippen LogP contribution in [0.1, 0.15) is 13.3 Å². The second-order valence-corrected chi connectivity index (χ2v) is 9.48. The van der Waals surface area contributed by atoms with Crippen LogP contribution in [0.4, 0.5) is 32.8 Å². The van der Waals surface area contributed by atoms with Gasteiger partial charge in [0, 0.05) is 17.9 Å². The standard InChI is InChI=1S/C20H14ClF2N5O2S.C2HF3O2/c1-7(29)25-18-16(23)15(21)14(10-6-24-28-17(10)18)8-2-3-12-13(4-8)31-20(26-12)27-19(30)9-5-11(9)22;3-2(4,5)1(6)7/h2-4,6,9,11H,5H2,1H3,(H,24,28)(H,25,29)(H,26,27,30);(H,6,7)/t9-,11+;/m1./s1. The highest BCUT2D eigenvalue weighted by Crippen LogP contribution is 2.43. The van der Waals surface area contributed by atoms with Gasteiger partial charge < -0.3 is 15.7 Å². The lowest BCUT2D eigenvalue weighted by Crippen LogP contribution is -2.21. The quantitative estimate of drug-likeness (QED) is 0.237. The lowest BCUT2D eigenvalue weighted by atomic mass is 10.00. The first-order chi connectivity index (χ1) is 17.8. The Morgan fingerprint density at radius 1 is 1.24 bits per heavy atom. The highest BCUT2D eigenvalue weighted by Gasteiger charge is 2.44. The number of anilines is 2. The lowest BCUT2D eigenvalue weighted by Gasteiger charge is -2.12. The predicted octanol–water partition coefficient (Wildman–Crippen LogP) is 5.52. The van der Waals surface area contributed by atoms with Gasteiger partial charge in [0.15, 0.2) is 10.9 Å². The molecule has 0 saturated heterocycles. The fourth-order valence-electron chi connectivity index (χ4n) is 3.46. The molecule has 9 nitrogen and oxygen atoms in total. The highest BCUT2D eigenvalue weighted by atomic mass is 35.5. The smallest absolute Gasteiger partial charge is 0.475 e. The van der Waals surface area contributed by atoms with E-state index >= 15 is 4.39 Å². The summed E-state index contributed by atoms with van der Waals surface area (Å²) < 4.78 is 60.6. The number of aromatic nitrogens is 3. The SMILES string of the molecule is CC(=O)Nc1c(F)c(Cl)c(-c2ccc3nc(NC(=O)[C@@H]4C[C@@H]4F)sc3c2)c2cn[nH]c12.O=C(O)C(F)(F)F. The number of carbonyl (C=O) groups is 3. The maximum absolute atomic E-state index is 15.0. The molecule has 1 aliphatic carbocycles. The summed E-state index contributed by atoms with van der Waals surface area (Å²) in [4.78, 5) is 36.7. The molecule has 0 unspecified atom stereocenters. The maximum Gasteiger partial charge on any atom is 0.490 e. The van der Waals surface area contributed by atoms with Gasteiger partial charge in [0.1, 0.15) is 11.9 Å². The second kappa shape index (κ2) is 10.1. The van der Waals surface area contributed by atoms with Gasteiger partial charge in [0.05, 0.1) is 32.9 Å². The first-order valence-corrected chi connectivity index (χ1v) is 11.7. The molecule has 200 valence electrons. The molecule has 5 rings (SSSR count). The summed E-state index contributed by atoms with van der Waals surface area (Å²) in [5, 5.41) is 19.6. The number of carboxylic acid groups (broad SMARTS) is 1. The summed E-state index contributed by atoms with van der Waals surface area (Å²) >= 11 is 7.59. The third-order valence-corrected chi connectivity index (χ3v) is 6.58. The van der Waals surface area contributed by atoms with Gasteiger partial charge in [-0.1, -0.05) is 29.0 Å². The number of rotatable bonds is 4. The zero-order chi connectivity index (χ0) is 27.9. The van der Waals surface area contributed by atoms with E-state index < -0.39 is 36.0 Å². The second-order valence-electron chi connectivity index (χ2n) is 8.07. The number of carbonyl (C=O) groups excluding carboxylic acids is 2. The van der Waals surface area contributed by atoms with Gasteiger partial charge in [0.25, 0.3) is 0 Å². The fraction of sp³-hybridized carbons (Fsp3) is 0.227. The number of nitrogens with one attached hydrogen (secondary N) is 3. The van der Waals surface area contributed by atoms with Crippen LogP contribution in [0.3, 0.4) is 0 Å². The minimum absolute atomic E-state index is 0.0659. The van der Waals surface area contributed by atoms with Crippen molar-refractivity contribution in [3.8, 4) is 11.1 Å². The molecule has 0 bridgehead atoms. The Morgan fingerprint density at radius 3 is 2.47 bits per heavy atom. The number of nitrogens with zero attached hydrogens (tertiary/aromatic N) is 2. The van der Waals surface area contributed by atoms with Gasteiger partial charge in [-0.15, -0.1) is 0 Å². The third kappa shape index (κ3) is 5.52. The van der Waals surface area contributed by atoms with Gasteiger partial charge >= 0.3 is 12.1 Å². The van der Waals surface area contributed by atoms with E-state index in [9.17, 15) is 27.2 Å². The van der Waals surface area contributed by atoms with E-state index in [-0.39, 0.29) is 23.0 Å². The number of amides is 2. The molecule has 4 N–H and O–H groups in total. The Labute approximate surface area is 218 Å². The zero-order valence-electron chi connectivity index (χ0n) is 18.9. The molecule has 4 aromatic rings. The summed E-state index contributed by atoms with van der Waals surface area (Å²) in [5.74, 6) is -4.96. The van der Waals surface area contributed by atoms with Crippen molar-refractivity contribution >= 4 is 72.7 Å². The molecule has 0 spiro atoms. The largest absolute Gasteiger partial charge is 0.490 e. The van der Waals surface area contributed by atoms with Crippen molar-refractivity contribution in [1.29, 1.82) is 0 Å². The number of halogens is 6. The van der Waals surface area contributed by atoms with Crippen molar-refractivity contribution < 1.29 is 41.4 Å². The van der Waals surface area contributed by atoms with Gasteiger partial charge in [-0.25, -0.2) is 18.6 Å². The fourth-order valence-corrected chi connectivity index (χ4v) is 4.67. The molecule has 2 atom stereocenters. The third-order valence-electron chi connectivity index (χ3n) is 5.29. The number of hydrogen-bond acceptors (Lipinski definition) is 6. The number of alkyl halides is 4. The van der Waals surface area contributed by atoms with E-state index in [1.165, 1.54) is 24.5 Å². The summed E-state index contributed by atoms with van der Waals surface area (Å²) in [6.07, 6.45) is -4.43. The van der Waals surface area contributed by atoms with Crippen molar-refractivity contribution in [2.75, 3.05) is 10.6 Å². The van der Waals surface area contributed by atoms with Crippen LogP contribution < -0.4 is 10.6 Å². The van der Waals surface area contributed by atoms with E-state index in [0.717, 1.165) is 4.70 Å². The molecule has 2 aromatic carbocycles. The molecule has 1 saturated carbocycles. The molecule has 0 radical (unpaired) electrons. The average Bonchev–Trinajstić information content (AvgIpc) is 3.19. The van der Waals surface area contributed by atoms with Crippen molar-refractivity contribution in [1.82, 2.24) is 15.2 Å². The van der Waals surface area contributed by atoms with E-state index in [4.69, 9.17) is 21.5 Å². The van der Waals surface area contributed by atoms with Crippen LogP contribution in [0, 0.1) is 11.7 Å². The number of benzene rings is 2. The van der Waals surface area contributed by atoms with Gasteiger partial charge in [0.2, 0.25) is 11.8 Å². The van der Waals surface area contributed by atoms with E-state index in [2.05, 4.69) is 25.8 Å². The molecular formula is C22H15ClF5N5O4S. The molecule has 1 aliphatic rings. The highest BCUT2D eigenvalue weighted by molar-refractivity contribution is 7.22. The monoisotopic (exact) mass is 575 g/mol. The minimum Gasteiger partial charge on any atom is -0.475 e. The van der Waals surface area contributed by atoms with Gasteiger partial charge in [-0.3, -0.25) is 14.7 Å². The Morgan fingerprint density at radius 2 is 1.89 bits per heavy atom. The predicted molar refractivity (Wildman–Crippen MR) is 129 cm³/mol. The van der Waals surface area contributed by atoms with Crippen LogP contribution in [0.15, 0.2) is 24.4 Å². The first-order valence-electron chi connectivity index (χ1n) is 10.6. The van der Waals surface area contributed by atoms with E-state index in [1.807, 2.05) is 0 Å². The van der Waals surface area contributed by atoms with Crippen LogP contribution in [-0.2, 0) is 14.4 Å². The molecule has 2 heterocycles. The van der Waals surface area contributed by atoms with Gasteiger partial charge in [-0.2, -0.15) is 18.3 Å². The van der Waals surface area contributed by atoms with Crippen molar-refractivity contribution in [3.05, 3.63) is 35.2 Å². The van der Waals surface area contributed by atoms with Crippen molar-refractivity contribution in [2.45, 2.75) is 25.7 Å². The van der Waals surface area contributed by atoms with Crippen LogP contribution in [-0.4, -0.2) is 50.4 Å². The number of thiazole rings is 1. The molecule has 38 heavy (non-hydrogen) atoms. The molecular weight excluding hydrogens is 561 g/mol. The number of H-pyrrole nitrogens is 1. The summed E-state index contributed by atoms with van der Waals surface area (Å²) in [5.41, 5.74) is 1.91. The number of aromatic amines is 1. The van der Waals surface area contributed by atoms with E-state index in [1.54, 1.807) is 18.2 Å². The molecule has 2 amide bonds. The summed E-state index contributed by atoms with van der Waals surface area (Å²) in [6.45, 7) is 1.27. The zero-order valence-corrected chi connectivity index (χ0v) is 20.5. The first kappa shape index (κ1) is 27.2. The average molecular weight is 576 g/mol. The van der Waals surface area contributed by atoms with Crippen LogP contribution in [0.2, 0.25) is 5.02 Å². The van der Waals surface area contributed by atoms with Crippen LogP contribution >= 0.6 is 22.9 Å². The van der Waals surface area contributed by atoms with Crippen molar-refractivity contribution in [2.24, 2.45) is 5.92 Å². The number of aliphatic carboxylic acids is 1.